The largest absolute Gasteiger partial charge is 0.480 e. The van der Waals surface area contributed by atoms with Crippen LogP contribution in [0.1, 0.15) is 6.92 Å². The van der Waals surface area contributed by atoms with Gasteiger partial charge in [0.25, 0.3) is 0 Å². The van der Waals surface area contributed by atoms with E-state index in [1.54, 1.807) is 0 Å². The molecule has 0 bridgehead atoms. The van der Waals surface area contributed by atoms with E-state index in [2.05, 4.69) is 0 Å². The summed E-state index contributed by atoms with van der Waals surface area (Å²) in [5.74, 6) is -2.79. The smallest absolute Gasteiger partial charge is 0.323 e. The molecule has 0 aromatic heterocycles. The Morgan fingerprint density at radius 1 is 1.43 bits per heavy atom. The highest BCUT2D eigenvalue weighted by molar-refractivity contribution is 6.00. The summed E-state index contributed by atoms with van der Waals surface area (Å²) < 4.78 is 0. The summed E-state index contributed by atoms with van der Waals surface area (Å²) in [7, 11) is 0. The molecule has 0 fully saturated rings. The van der Waals surface area contributed by atoms with Crippen molar-refractivity contribution in [2.45, 2.75) is 13.0 Å². The maximum absolute atomic E-state index is 11.2. The van der Waals surface area contributed by atoms with Crippen molar-refractivity contribution in [2.24, 2.45) is 11.5 Å². The molecule has 7 heteroatoms. The molecule has 0 radical (unpaired) electrons. The van der Waals surface area contributed by atoms with Gasteiger partial charge in [0.2, 0.25) is 11.8 Å². The lowest BCUT2D eigenvalue weighted by molar-refractivity contribution is -0.152. The molecule has 0 aliphatic rings. The van der Waals surface area contributed by atoms with E-state index in [9.17, 15) is 14.4 Å². The molecular weight excluding hydrogens is 190 g/mol. The van der Waals surface area contributed by atoms with Crippen molar-refractivity contribution in [2.75, 3.05) is 13.1 Å². The van der Waals surface area contributed by atoms with Crippen molar-refractivity contribution in [3.05, 3.63) is 0 Å². The number of hydrogen-bond acceptors (Lipinski definition) is 5. The third-order valence-electron chi connectivity index (χ3n) is 1.42. The van der Waals surface area contributed by atoms with Crippen LogP contribution in [0.25, 0.3) is 0 Å². The van der Waals surface area contributed by atoms with Crippen LogP contribution in [0.3, 0.4) is 0 Å². The molecule has 0 rings (SSSR count). The van der Waals surface area contributed by atoms with Gasteiger partial charge in [-0.2, -0.15) is 0 Å². The quantitative estimate of drug-likeness (QED) is 0.473. The second kappa shape index (κ2) is 5.30. The number of rotatable bonds is 4. The summed E-state index contributed by atoms with van der Waals surface area (Å²) in [6.45, 7) is 0.225. The van der Waals surface area contributed by atoms with Crippen LogP contribution in [0.2, 0.25) is 0 Å². The fourth-order valence-corrected chi connectivity index (χ4v) is 0.780. The minimum Gasteiger partial charge on any atom is -0.480 e. The molecule has 14 heavy (non-hydrogen) atoms. The van der Waals surface area contributed by atoms with Crippen molar-refractivity contribution in [1.29, 1.82) is 0 Å². The predicted octanol–water partition coefficient (Wildman–Crippen LogP) is -2.27. The standard InChI is InChI=1S/C7H13N3O4/c1-4(9)7(14)10(3-6(12)13)5(11)2-8/h4H,2-3,8-9H2,1H3,(H,12,13). The maximum atomic E-state index is 11.2. The van der Waals surface area contributed by atoms with Crippen LogP contribution in [0.15, 0.2) is 0 Å². The molecule has 0 aromatic rings. The number of hydrogen-bond donors (Lipinski definition) is 3. The Labute approximate surface area is 80.6 Å². The van der Waals surface area contributed by atoms with E-state index in [0.29, 0.717) is 4.90 Å². The first-order chi connectivity index (χ1) is 6.40. The van der Waals surface area contributed by atoms with E-state index in [0.717, 1.165) is 0 Å². The van der Waals surface area contributed by atoms with Gasteiger partial charge < -0.3 is 16.6 Å². The monoisotopic (exact) mass is 203 g/mol. The summed E-state index contributed by atoms with van der Waals surface area (Å²) in [4.78, 5) is 33.2. The number of aliphatic carboxylic acids is 1. The highest BCUT2D eigenvalue weighted by Crippen LogP contribution is 1.94. The molecule has 0 spiro atoms. The summed E-state index contributed by atoms with van der Waals surface area (Å²) in [5.41, 5.74) is 10.2. The van der Waals surface area contributed by atoms with Gasteiger partial charge in [0.15, 0.2) is 0 Å². The second-order valence-electron chi connectivity index (χ2n) is 2.70. The molecule has 0 heterocycles. The van der Waals surface area contributed by atoms with Gasteiger partial charge in [0, 0.05) is 0 Å². The lowest BCUT2D eigenvalue weighted by Gasteiger charge is -2.19. The van der Waals surface area contributed by atoms with Crippen LogP contribution in [-0.4, -0.2) is 46.9 Å². The number of carbonyl (C=O) groups is 3. The van der Waals surface area contributed by atoms with Gasteiger partial charge in [-0.05, 0) is 6.92 Å². The molecule has 0 aliphatic carbocycles. The highest BCUT2D eigenvalue weighted by atomic mass is 16.4. The summed E-state index contributed by atoms with van der Waals surface area (Å²) >= 11 is 0. The molecule has 80 valence electrons. The van der Waals surface area contributed by atoms with Crippen molar-refractivity contribution >= 4 is 17.8 Å². The summed E-state index contributed by atoms with van der Waals surface area (Å²) in [6, 6.07) is -0.926. The number of carbonyl (C=O) groups excluding carboxylic acids is 2. The van der Waals surface area contributed by atoms with Gasteiger partial charge in [-0.15, -0.1) is 0 Å². The lowest BCUT2D eigenvalue weighted by atomic mass is 10.3. The summed E-state index contributed by atoms with van der Waals surface area (Å²) in [6.07, 6.45) is 0. The second-order valence-corrected chi connectivity index (χ2v) is 2.70. The van der Waals surface area contributed by atoms with Crippen LogP contribution in [0.5, 0.6) is 0 Å². The van der Waals surface area contributed by atoms with Crippen molar-refractivity contribution in [3.63, 3.8) is 0 Å². The van der Waals surface area contributed by atoms with E-state index in [1.165, 1.54) is 6.92 Å². The van der Waals surface area contributed by atoms with Crippen molar-refractivity contribution in [3.8, 4) is 0 Å². The highest BCUT2D eigenvalue weighted by Gasteiger charge is 2.24. The van der Waals surface area contributed by atoms with E-state index in [4.69, 9.17) is 16.6 Å². The summed E-state index contributed by atoms with van der Waals surface area (Å²) in [5, 5.41) is 8.43. The number of nitrogens with two attached hydrogens (primary N) is 2. The fraction of sp³-hybridized carbons (Fsp3) is 0.571. The predicted molar refractivity (Wildman–Crippen MR) is 47.1 cm³/mol. The first-order valence-corrected chi connectivity index (χ1v) is 3.91. The Bertz CT molecular complexity index is 251. The third-order valence-corrected chi connectivity index (χ3v) is 1.42. The zero-order chi connectivity index (χ0) is 11.3. The topological polar surface area (TPSA) is 127 Å². The van der Waals surface area contributed by atoms with E-state index < -0.39 is 36.9 Å². The lowest BCUT2D eigenvalue weighted by Crippen LogP contribution is -2.49. The average Bonchev–Trinajstić information content (AvgIpc) is 2.11. The van der Waals surface area contributed by atoms with E-state index in [-0.39, 0.29) is 0 Å². The molecule has 0 saturated carbocycles. The molecule has 1 unspecified atom stereocenters. The van der Waals surface area contributed by atoms with Crippen LogP contribution in [-0.2, 0) is 14.4 Å². The van der Waals surface area contributed by atoms with Gasteiger partial charge in [-0.3, -0.25) is 19.3 Å². The number of amides is 2. The molecule has 0 aliphatic heterocycles. The minimum absolute atomic E-state index is 0.425. The number of imide groups is 1. The molecule has 5 N–H and O–H groups in total. The van der Waals surface area contributed by atoms with Gasteiger partial charge in [0.05, 0.1) is 12.6 Å². The SMILES string of the molecule is CC(N)C(=O)N(CC(=O)O)C(=O)CN. The first-order valence-electron chi connectivity index (χ1n) is 3.91. The number of carboxylic acid groups (broad SMARTS) is 1. The Morgan fingerprint density at radius 3 is 2.21 bits per heavy atom. The Kier molecular flexibility index (Phi) is 4.74. The average molecular weight is 203 g/mol. The fourth-order valence-electron chi connectivity index (χ4n) is 0.780. The Hall–Kier alpha value is -1.47. The van der Waals surface area contributed by atoms with Gasteiger partial charge in [-0.25, -0.2) is 0 Å². The Balaban J connectivity index is 4.63. The molecular formula is C7H13N3O4. The molecule has 7 nitrogen and oxygen atoms in total. The molecule has 0 saturated heterocycles. The van der Waals surface area contributed by atoms with Crippen molar-refractivity contribution in [1.82, 2.24) is 4.90 Å². The third kappa shape index (κ3) is 3.50. The van der Waals surface area contributed by atoms with Crippen LogP contribution in [0, 0.1) is 0 Å². The minimum atomic E-state index is -1.29. The normalized spacial score (nSPS) is 11.9. The molecule has 1 atom stereocenters. The van der Waals surface area contributed by atoms with E-state index in [1.807, 2.05) is 0 Å². The van der Waals surface area contributed by atoms with Gasteiger partial charge >= 0.3 is 5.97 Å². The zero-order valence-electron chi connectivity index (χ0n) is 7.77. The number of nitrogens with zero attached hydrogens (tertiary/aromatic N) is 1. The van der Waals surface area contributed by atoms with Gasteiger partial charge in [0.1, 0.15) is 6.54 Å². The first kappa shape index (κ1) is 12.5. The van der Waals surface area contributed by atoms with Crippen LogP contribution in [0.4, 0.5) is 0 Å². The van der Waals surface area contributed by atoms with Gasteiger partial charge in [-0.1, -0.05) is 0 Å². The maximum Gasteiger partial charge on any atom is 0.323 e. The van der Waals surface area contributed by atoms with Crippen LogP contribution >= 0.6 is 0 Å². The van der Waals surface area contributed by atoms with E-state index >= 15 is 0 Å². The Morgan fingerprint density at radius 2 is 1.93 bits per heavy atom. The van der Waals surface area contributed by atoms with Crippen LogP contribution < -0.4 is 11.5 Å². The molecule has 0 aromatic carbocycles. The zero-order valence-corrected chi connectivity index (χ0v) is 7.77. The molecule has 2 amide bonds. The van der Waals surface area contributed by atoms with Crippen molar-refractivity contribution < 1.29 is 19.5 Å². The number of carboxylic acids is 1.